The third kappa shape index (κ3) is 1.98. The number of methoxy groups -OCH3 is 1. The van der Waals surface area contributed by atoms with Crippen LogP contribution in [0.25, 0.3) is 0 Å². The summed E-state index contributed by atoms with van der Waals surface area (Å²) in [6, 6.07) is 6.70. The third-order valence-corrected chi connectivity index (χ3v) is 7.01. The standard InChI is InChI=1S/C21H26O3/c1-13-19-12-20-16-6-4-15(22-2)11-14(16)3-5-17(20)18(19)7-8-21(13)23-9-10-24-21/h4,6,11,17-18,20H,3,5,7-10,12H2,1-2H3/t17-,18-,20+/m0/s1. The number of hydrogen-bond acceptors (Lipinski definition) is 3. The Morgan fingerprint density at radius 1 is 1.12 bits per heavy atom. The minimum absolute atomic E-state index is 0.387. The van der Waals surface area contributed by atoms with Gasteiger partial charge in [0.05, 0.1) is 20.3 Å². The maximum atomic E-state index is 6.06. The van der Waals surface area contributed by atoms with E-state index in [4.69, 9.17) is 14.2 Å². The fourth-order valence-corrected chi connectivity index (χ4v) is 5.84. The Hall–Kier alpha value is -1.32. The zero-order valence-electron chi connectivity index (χ0n) is 14.6. The van der Waals surface area contributed by atoms with Crippen molar-refractivity contribution >= 4 is 0 Å². The van der Waals surface area contributed by atoms with Gasteiger partial charge in [0.1, 0.15) is 5.75 Å². The Balaban J connectivity index is 1.53. The number of hydrogen-bond donors (Lipinski definition) is 0. The molecule has 4 aliphatic rings. The number of fused-ring (bicyclic) bond motifs is 5. The normalized spacial score (nSPS) is 33.3. The van der Waals surface area contributed by atoms with Gasteiger partial charge in [0.25, 0.3) is 0 Å². The smallest absolute Gasteiger partial charge is 0.190 e. The molecule has 3 atom stereocenters. The van der Waals surface area contributed by atoms with Crippen LogP contribution in [0, 0.1) is 11.8 Å². The van der Waals surface area contributed by atoms with Gasteiger partial charge < -0.3 is 14.2 Å². The summed E-state index contributed by atoms with van der Waals surface area (Å²) in [5, 5.41) is 0. The van der Waals surface area contributed by atoms with Crippen molar-refractivity contribution < 1.29 is 14.2 Å². The lowest BCUT2D eigenvalue weighted by Crippen LogP contribution is -2.37. The Morgan fingerprint density at radius 3 is 2.75 bits per heavy atom. The van der Waals surface area contributed by atoms with Crippen LogP contribution in [0.1, 0.15) is 49.7 Å². The number of ether oxygens (including phenoxy) is 3. The fraction of sp³-hybridized carbons (Fsp3) is 0.619. The average Bonchev–Trinajstić information content (AvgIpc) is 3.23. The Labute approximate surface area is 144 Å². The summed E-state index contributed by atoms with van der Waals surface area (Å²) >= 11 is 0. The largest absolute Gasteiger partial charge is 0.497 e. The zero-order valence-corrected chi connectivity index (χ0v) is 14.6. The zero-order chi connectivity index (χ0) is 16.3. The maximum absolute atomic E-state index is 6.06. The van der Waals surface area contributed by atoms with E-state index < -0.39 is 0 Å². The molecule has 0 bridgehead atoms. The molecule has 3 heteroatoms. The Kier molecular flexibility index (Phi) is 3.33. The average molecular weight is 326 g/mol. The Morgan fingerprint density at radius 2 is 1.96 bits per heavy atom. The number of aryl methyl sites for hydroxylation is 1. The van der Waals surface area contributed by atoms with Crippen LogP contribution < -0.4 is 4.74 Å². The molecule has 1 aromatic rings. The van der Waals surface area contributed by atoms with Crippen molar-refractivity contribution in [3.63, 3.8) is 0 Å². The van der Waals surface area contributed by atoms with E-state index >= 15 is 0 Å². The molecule has 2 fully saturated rings. The SMILES string of the molecule is COc1ccc2c(c1)CC[C@H]1[C@@H]3CCC4(OCCO4)C(C)=C3C[C@H]21. The van der Waals surface area contributed by atoms with Gasteiger partial charge in [0.2, 0.25) is 0 Å². The first kappa shape index (κ1) is 15.0. The molecule has 24 heavy (non-hydrogen) atoms. The minimum atomic E-state index is -0.387. The highest BCUT2D eigenvalue weighted by Crippen LogP contribution is 2.58. The van der Waals surface area contributed by atoms with E-state index in [1.54, 1.807) is 18.2 Å². The van der Waals surface area contributed by atoms with Crippen molar-refractivity contribution in [3.8, 4) is 5.75 Å². The lowest BCUT2D eigenvalue weighted by atomic mass is 9.71. The monoisotopic (exact) mass is 326 g/mol. The van der Waals surface area contributed by atoms with Crippen LogP contribution in [0.2, 0.25) is 0 Å². The first-order valence-corrected chi connectivity index (χ1v) is 9.37. The van der Waals surface area contributed by atoms with E-state index in [9.17, 15) is 0 Å². The van der Waals surface area contributed by atoms with Crippen LogP contribution in [0.15, 0.2) is 29.3 Å². The fourth-order valence-electron chi connectivity index (χ4n) is 5.84. The summed E-state index contributed by atoms with van der Waals surface area (Å²) in [5.41, 5.74) is 6.09. The second kappa shape index (κ2) is 5.34. The highest BCUT2D eigenvalue weighted by Gasteiger charge is 2.51. The maximum Gasteiger partial charge on any atom is 0.190 e. The summed E-state index contributed by atoms with van der Waals surface area (Å²) in [7, 11) is 1.76. The van der Waals surface area contributed by atoms with Gasteiger partial charge in [-0.3, -0.25) is 0 Å². The van der Waals surface area contributed by atoms with Crippen molar-refractivity contribution in [3.05, 3.63) is 40.5 Å². The molecule has 128 valence electrons. The summed E-state index contributed by atoms with van der Waals surface area (Å²) in [5.74, 6) is 2.82. The van der Waals surface area contributed by atoms with E-state index in [-0.39, 0.29) is 5.79 Å². The number of allylic oxidation sites excluding steroid dienone is 1. The highest BCUT2D eigenvalue weighted by molar-refractivity contribution is 5.44. The third-order valence-electron chi connectivity index (χ3n) is 7.01. The summed E-state index contributed by atoms with van der Waals surface area (Å²) in [6.45, 7) is 3.74. The second-order valence-electron chi connectivity index (χ2n) is 7.82. The molecule has 0 aromatic heterocycles. The minimum Gasteiger partial charge on any atom is -0.497 e. The molecule has 0 unspecified atom stereocenters. The molecule has 1 saturated heterocycles. The van der Waals surface area contributed by atoms with Crippen molar-refractivity contribution in [2.24, 2.45) is 11.8 Å². The number of rotatable bonds is 1. The van der Waals surface area contributed by atoms with Gasteiger partial charge in [-0.15, -0.1) is 0 Å². The molecule has 3 nitrogen and oxygen atoms in total. The molecule has 3 aliphatic carbocycles. The van der Waals surface area contributed by atoms with Crippen molar-refractivity contribution in [2.45, 2.75) is 50.7 Å². The van der Waals surface area contributed by atoms with Crippen molar-refractivity contribution in [1.82, 2.24) is 0 Å². The molecular weight excluding hydrogens is 300 g/mol. The molecule has 5 rings (SSSR count). The summed E-state index contributed by atoms with van der Waals surface area (Å²) in [6.07, 6.45) is 5.94. The lowest BCUT2D eigenvalue weighted by molar-refractivity contribution is -0.139. The van der Waals surface area contributed by atoms with Crippen LogP contribution in [-0.4, -0.2) is 26.1 Å². The van der Waals surface area contributed by atoms with Gasteiger partial charge in [-0.05, 0) is 79.2 Å². The van der Waals surface area contributed by atoms with Crippen LogP contribution in [0.4, 0.5) is 0 Å². The van der Waals surface area contributed by atoms with E-state index in [2.05, 4.69) is 25.1 Å². The van der Waals surface area contributed by atoms with E-state index in [0.29, 0.717) is 5.92 Å². The van der Waals surface area contributed by atoms with Gasteiger partial charge in [0.15, 0.2) is 5.79 Å². The molecule has 0 N–H and O–H groups in total. The van der Waals surface area contributed by atoms with Crippen LogP contribution >= 0.6 is 0 Å². The van der Waals surface area contributed by atoms with Crippen LogP contribution in [-0.2, 0) is 15.9 Å². The molecule has 1 aliphatic heterocycles. The topological polar surface area (TPSA) is 27.7 Å². The van der Waals surface area contributed by atoms with Gasteiger partial charge in [-0.25, -0.2) is 0 Å². The lowest BCUT2D eigenvalue weighted by Gasteiger charge is -2.38. The Bertz CT molecular complexity index is 699. The first-order valence-electron chi connectivity index (χ1n) is 9.37. The van der Waals surface area contributed by atoms with Gasteiger partial charge in [-0.2, -0.15) is 0 Å². The molecule has 1 aromatic carbocycles. The predicted molar refractivity (Wildman–Crippen MR) is 92.2 cm³/mol. The predicted octanol–water partition coefficient (Wildman–Crippen LogP) is 4.21. The van der Waals surface area contributed by atoms with Gasteiger partial charge in [-0.1, -0.05) is 11.6 Å². The molecule has 0 amide bonds. The molecule has 0 radical (unpaired) electrons. The van der Waals surface area contributed by atoms with Crippen LogP contribution in [0.3, 0.4) is 0 Å². The highest BCUT2D eigenvalue weighted by atomic mass is 16.7. The first-order chi connectivity index (χ1) is 11.7. The second-order valence-corrected chi connectivity index (χ2v) is 7.82. The summed E-state index contributed by atoms with van der Waals surface area (Å²) < 4.78 is 17.5. The van der Waals surface area contributed by atoms with Gasteiger partial charge in [0, 0.05) is 6.42 Å². The number of benzene rings is 1. The van der Waals surface area contributed by atoms with E-state index in [1.807, 2.05) is 0 Å². The molecule has 1 spiro atoms. The quantitative estimate of drug-likeness (QED) is 0.723. The summed E-state index contributed by atoms with van der Waals surface area (Å²) in [4.78, 5) is 0. The molecule has 1 heterocycles. The van der Waals surface area contributed by atoms with Crippen molar-refractivity contribution in [1.29, 1.82) is 0 Å². The molecule has 1 saturated carbocycles. The van der Waals surface area contributed by atoms with E-state index in [1.165, 1.54) is 36.8 Å². The van der Waals surface area contributed by atoms with Crippen LogP contribution in [0.5, 0.6) is 5.75 Å². The van der Waals surface area contributed by atoms with Crippen molar-refractivity contribution in [2.75, 3.05) is 20.3 Å². The van der Waals surface area contributed by atoms with E-state index in [0.717, 1.165) is 37.2 Å². The molecular formula is C21H26O3. The van der Waals surface area contributed by atoms with Gasteiger partial charge >= 0.3 is 0 Å².